The van der Waals surface area contributed by atoms with Crippen molar-refractivity contribution in [3.8, 4) is 0 Å². The van der Waals surface area contributed by atoms with Gasteiger partial charge < -0.3 is 11.1 Å². The maximum absolute atomic E-state index is 6.03. The average molecular weight is 212 g/mol. The van der Waals surface area contributed by atoms with E-state index in [-0.39, 0.29) is 5.54 Å². The van der Waals surface area contributed by atoms with E-state index in [2.05, 4.69) is 33.0 Å². The van der Waals surface area contributed by atoms with Crippen molar-refractivity contribution in [1.82, 2.24) is 5.32 Å². The van der Waals surface area contributed by atoms with Crippen molar-refractivity contribution in [2.24, 2.45) is 17.6 Å². The molecule has 4 atom stereocenters. The zero-order valence-electron chi connectivity index (χ0n) is 10.8. The first-order valence-electron chi connectivity index (χ1n) is 6.51. The predicted molar refractivity (Wildman–Crippen MR) is 66.9 cm³/mol. The van der Waals surface area contributed by atoms with E-state index in [4.69, 9.17) is 5.73 Å². The van der Waals surface area contributed by atoms with Gasteiger partial charge in [0, 0.05) is 18.1 Å². The molecule has 1 fully saturated rings. The summed E-state index contributed by atoms with van der Waals surface area (Å²) in [5.41, 5.74) is 6.23. The molecular weight excluding hydrogens is 184 g/mol. The van der Waals surface area contributed by atoms with Crippen LogP contribution in [0, 0.1) is 11.8 Å². The van der Waals surface area contributed by atoms with Crippen LogP contribution in [0.2, 0.25) is 0 Å². The molecule has 0 saturated heterocycles. The Hall–Kier alpha value is -0.0800. The van der Waals surface area contributed by atoms with Crippen molar-refractivity contribution in [3.63, 3.8) is 0 Å². The molecule has 0 amide bonds. The van der Waals surface area contributed by atoms with E-state index in [1.807, 2.05) is 0 Å². The molecule has 0 aliphatic heterocycles. The molecule has 1 aliphatic rings. The zero-order valence-corrected chi connectivity index (χ0v) is 10.8. The van der Waals surface area contributed by atoms with Crippen LogP contribution < -0.4 is 11.1 Å². The smallest absolute Gasteiger partial charge is 0.0334 e. The first-order valence-corrected chi connectivity index (χ1v) is 6.51. The van der Waals surface area contributed by atoms with Gasteiger partial charge in [-0.15, -0.1) is 0 Å². The summed E-state index contributed by atoms with van der Waals surface area (Å²) in [6.07, 6.45) is 5.12. The number of rotatable bonds is 4. The number of nitrogens with two attached hydrogens (primary N) is 1. The van der Waals surface area contributed by atoms with Gasteiger partial charge in [-0.1, -0.05) is 27.2 Å². The Morgan fingerprint density at radius 1 is 1.40 bits per heavy atom. The summed E-state index contributed by atoms with van der Waals surface area (Å²) in [7, 11) is 0. The van der Waals surface area contributed by atoms with E-state index in [1.165, 1.54) is 25.7 Å². The second-order valence-corrected chi connectivity index (χ2v) is 5.60. The molecule has 2 heteroatoms. The monoisotopic (exact) mass is 212 g/mol. The van der Waals surface area contributed by atoms with E-state index >= 15 is 0 Å². The van der Waals surface area contributed by atoms with Gasteiger partial charge >= 0.3 is 0 Å². The van der Waals surface area contributed by atoms with Crippen molar-refractivity contribution in [2.45, 2.75) is 65.0 Å². The lowest BCUT2D eigenvalue weighted by Crippen LogP contribution is -2.60. The number of nitrogens with one attached hydrogen (secondary N) is 1. The summed E-state index contributed by atoms with van der Waals surface area (Å²) in [4.78, 5) is 0. The third-order valence-corrected chi connectivity index (χ3v) is 4.26. The second kappa shape index (κ2) is 5.31. The van der Waals surface area contributed by atoms with E-state index in [1.54, 1.807) is 0 Å². The molecule has 1 aliphatic carbocycles. The molecule has 0 spiro atoms. The molecule has 0 aromatic rings. The van der Waals surface area contributed by atoms with Crippen LogP contribution in [-0.4, -0.2) is 18.1 Å². The van der Waals surface area contributed by atoms with Crippen LogP contribution in [0.15, 0.2) is 0 Å². The van der Waals surface area contributed by atoms with Gasteiger partial charge in [-0.25, -0.2) is 0 Å². The summed E-state index contributed by atoms with van der Waals surface area (Å²) in [5, 5.41) is 3.79. The molecule has 15 heavy (non-hydrogen) atoms. The van der Waals surface area contributed by atoms with Crippen molar-refractivity contribution in [3.05, 3.63) is 0 Å². The van der Waals surface area contributed by atoms with Gasteiger partial charge in [0.15, 0.2) is 0 Å². The van der Waals surface area contributed by atoms with E-state index in [0.717, 1.165) is 12.5 Å². The van der Waals surface area contributed by atoms with E-state index in [9.17, 15) is 0 Å². The molecule has 0 radical (unpaired) electrons. The Kier molecular flexibility index (Phi) is 4.60. The lowest BCUT2D eigenvalue weighted by atomic mass is 9.69. The van der Waals surface area contributed by atoms with Gasteiger partial charge in [-0.3, -0.25) is 0 Å². The molecule has 0 heterocycles. The lowest BCUT2D eigenvalue weighted by Gasteiger charge is -2.47. The van der Waals surface area contributed by atoms with Gasteiger partial charge in [-0.05, 0) is 38.0 Å². The van der Waals surface area contributed by atoms with E-state index in [0.29, 0.717) is 12.0 Å². The summed E-state index contributed by atoms with van der Waals surface area (Å²) in [6.45, 7) is 9.99. The molecule has 0 aromatic carbocycles. The van der Waals surface area contributed by atoms with Gasteiger partial charge in [0.05, 0.1) is 0 Å². The first-order chi connectivity index (χ1) is 7.04. The standard InChI is InChI=1S/C13H28N2/c1-5-12(4)15-13(9-14)8-10(2)6-7-11(13)3/h10-12,15H,5-9,14H2,1-4H3. The zero-order chi connectivity index (χ0) is 11.5. The van der Waals surface area contributed by atoms with Crippen LogP contribution in [0.1, 0.15) is 53.4 Å². The number of hydrogen-bond acceptors (Lipinski definition) is 2. The third kappa shape index (κ3) is 2.94. The SMILES string of the molecule is CCC(C)NC1(CN)CC(C)CCC1C. The molecular formula is C13H28N2. The number of hydrogen-bond donors (Lipinski definition) is 2. The molecule has 0 bridgehead atoms. The van der Waals surface area contributed by atoms with Crippen molar-refractivity contribution in [2.75, 3.05) is 6.54 Å². The minimum Gasteiger partial charge on any atom is -0.329 e. The lowest BCUT2D eigenvalue weighted by molar-refractivity contribution is 0.114. The highest BCUT2D eigenvalue weighted by molar-refractivity contribution is 4.99. The van der Waals surface area contributed by atoms with Crippen molar-refractivity contribution in [1.29, 1.82) is 0 Å². The Bertz CT molecular complexity index is 193. The highest BCUT2D eigenvalue weighted by Gasteiger charge is 2.39. The molecule has 0 aromatic heterocycles. The molecule has 1 rings (SSSR count). The Morgan fingerprint density at radius 2 is 2.07 bits per heavy atom. The molecule has 1 saturated carbocycles. The highest BCUT2D eigenvalue weighted by Crippen LogP contribution is 2.36. The van der Waals surface area contributed by atoms with E-state index < -0.39 is 0 Å². The second-order valence-electron chi connectivity index (χ2n) is 5.60. The first kappa shape index (κ1) is 13.0. The van der Waals surface area contributed by atoms with Crippen molar-refractivity contribution < 1.29 is 0 Å². The minimum atomic E-state index is 0.201. The quantitative estimate of drug-likeness (QED) is 0.751. The van der Waals surface area contributed by atoms with Gasteiger partial charge in [0.1, 0.15) is 0 Å². The molecule has 90 valence electrons. The maximum Gasteiger partial charge on any atom is 0.0334 e. The Labute approximate surface area is 95.0 Å². The van der Waals surface area contributed by atoms with Crippen LogP contribution in [-0.2, 0) is 0 Å². The average Bonchev–Trinajstić information content (AvgIpc) is 2.23. The van der Waals surface area contributed by atoms with Crippen LogP contribution in [0.3, 0.4) is 0 Å². The minimum absolute atomic E-state index is 0.201. The van der Waals surface area contributed by atoms with Gasteiger partial charge in [-0.2, -0.15) is 0 Å². The fourth-order valence-corrected chi connectivity index (χ4v) is 2.87. The Morgan fingerprint density at radius 3 is 2.60 bits per heavy atom. The molecule has 3 N–H and O–H groups in total. The largest absolute Gasteiger partial charge is 0.329 e. The fraction of sp³-hybridized carbons (Fsp3) is 1.00. The van der Waals surface area contributed by atoms with Crippen molar-refractivity contribution >= 4 is 0 Å². The predicted octanol–water partition coefficient (Wildman–Crippen LogP) is 2.53. The third-order valence-electron chi connectivity index (χ3n) is 4.26. The van der Waals surface area contributed by atoms with Crippen LogP contribution in [0.4, 0.5) is 0 Å². The van der Waals surface area contributed by atoms with Gasteiger partial charge in [0.2, 0.25) is 0 Å². The summed E-state index contributed by atoms with van der Waals surface area (Å²) < 4.78 is 0. The van der Waals surface area contributed by atoms with Crippen LogP contribution in [0.5, 0.6) is 0 Å². The van der Waals surface area contributed by atoms with Gasteiger partial charge in [0.25, 0.3) is 0 Å². The highest BCUT2D eigenvalue weighted by atomic mass is 15.0. The van der Waals surface area contributed by atoms with Crippen LogP contribution >= 0.6 is 0 Å². The van der Waals surface area contributed by atoms with Crippen LogP contribution in [0.25, 0.3) is 0 Å². The summed E-state index contributed by atoms with van der Waals surface area (Å²) in [6, 6.07) is 0.585. The fourth-order valence-electron chi connectivity index (χ4n) is 2.87. The Balaban J connectivity index is 2.70. The summed E-state index contributed by atoms with van der Waals surface area (Å²) >= 11 is 0. The topological polar surface area (TPSA) is 38.0 Å². The normalized spacial score (nSPS) is 39.0. The maximum atomic E-state index is 6.03. The molecule has 4 unspecified atom stereocenters. The summed E-state index contributed by atoms with van der Waals surface area (Å²) in [5.74, 6) is 1.54. The molecule has 2 nitrogen and oxygen atoms in total.